The largest absolute Gasteiger partial charge is 0.457 e. The van der Waals surface area contributed by atoms with Crippen LogP contribution in [-0.4, -0.2) is 0 Å². The van der Waals surface area contributed by atoms with Crippen LogP contribution >= 0.6 is 0 Å². The van der Waals surface area contributed by atoms with Crippen molar-refractivity contribution in [2.24, 2.45) is 0 Å². The number of rotatable bonds is 0. The van der Waals surface area contributed by atoms with Crippen LogP contribution in [0.1, 0.15) is 23.6 Å². The highest BCUT2D eigenvalue weighted by Crippen LogP contribution is 2.60. The average Bonchev–Trinajstić information content (AvgIpc) is 2.77. The molecule has 0 fully saturated rings. The van der Waals surface area contributed by atoms with Gasteiger partial charge in [-0.25, -0.2) is 0 Å². The molecule has 1 atom stereocenters. The average molecular weight is 370 g/mol. The summed E-state index contributed by atoms with van der Waals surface area (Å²) >= 11 is 0. The van der Waals surface area contributed by atoms with Gasteiger partial charge in [0.2, 0.25) is 0 Å². The third kappa shape index (κ3) is 1.72. The van der Waals surface area contributed by atoms with E-state index in [2.05, 4.69) is 97.9 Å². The van der Waals surface area contributed by atoms with Crippen LogP contribution in [0.25, 0.3) is 32.7 Å². The number of benzene rings is 5. The summed E-state index contributed by atoms with van der Waals surface area (Å²) in [4.78, 5) is 0. The van der Waals surface area contributed by atoms with E-state index in [1.54, 1.807) is 0 Å². The Bertz CT molecular complexity index is 1490. The molecule has 0 amide bonds. The van der Waals surface area contributed by atoms with Crippen molar-refractivity contribution in [1.29, 1.82) is 0 Å². The van der Waals surface area contributed by atoms with Crippen molar-refractivity contribution in [2.45, 2.75) is 12.3 Å². The van der Waals surface area contributed by atoms with Crippen LogP contribution in [0.2, 0.25) is 0 Å². The fourth-order valence-corrected chi connectivity index (χ4v) is 5.69. The van der Waals surface area contributed by atoms with E-state index in [0.717, 1.165) is 11.5 Å². The molecule has 0 radical (unpaired) electrons. The van der Waals surface area contributed by atoms with E-state index in [9.17, 15) is 0 Å². The number of fused-ring (bicyclic) bond motifs is 7. The van der Waals surface area contributed by atoms with Gasteiger partial charge >= 0.3 is 0 Å². The van der Waals surface area contributed by atoms with Crippen molar-refractivity contribution in [3.8, 4) is 22.6 Å². The SMILES string of the molecule is C[C@]12c3ccccc3-c3cccc4ccc(c1c34)Oc1ccc3ccccc3c12. The summed E-state index contributed by atoms with van der Waals surface area (Å²) in [5.41, 5.74) is 6.29. The minimum atomic E-state index is -0.270. The van der Waals surface area contributed by atoms with Gasteiger partial charge < -0.3 is 4.74 Å². The molecule has 1 heterocycles. The lowest BCUT2D eigenvalue weighted by Gasteiger charge is -2.43. The Labute approximate surface area is 169 Å². The van der Waals surface area contributed by atoms with Crippen LogP contribution < -0.4 is 4.74 Å². The summed E-state index contributed by atoms with van der Waals surface area (Å²) in [6.07, 6.45) is 0. The Balaban J connectivity index is 1.77. The molecule has 2 aliphatic rings. The maximum atomic E-state index is 6.53. The van der Waals surface area contributed by atoms with Gasteiger partial charge in [-0.3, -0.25) is 0 Å². The highest BCUT2D eigenvalue weighted by Gasteiger charge is 2.46. The lowest BCUT2D eigenvalue weighted by Crippen LogP contribution is -2.32. The second-order valence-corrected chi connectivity index (χ2v) is 8.27. The monoisotopic (exact) mass is 370 g/mol. The molecule has 5 aromatic carbocycles. The Morgan fingerprint density at radius 3 is 2.21 bits per heavy atom. The Kier molecular flexibility index (Phi) is 2.68. The van der Waals surface area contributed by atoms with Gasteiger partial charge in [-0.1, -0.05) is 78.9 Å². The summed E-state index contributed by atoms with van der Waals surface area (Å²) in [6, 6.07) is 32.8. The summed E-state index contributed by atoms with van der Waals surface area (Å²) in [7, 11) is 0. The zero-order chi connectivity index (χ0) is 19.2. The molecule has 0 saturated carbocycles. The molecule has 1 nitrogen and oxygen atoms in total. The first kappa shape index (κ1) is 15.4. The molecule has 1 aliphatic carbocycles. The first-order valence-corrected chi connectivity index (χ1v) is 10.1. The maximum Gasteiger partial charge on any atom is 0.132 e. The van der Waals surface area contributed by atoms with Gasteiger partial charge in [-0.2, -0.15) is 0 Å². The normalized spacial score (nSPS) is 18.2. The minimum Gasteiger partial charge on any atom is -0.457 e. The number of hydrogen-bond donors (Lipinski definition) is 0. The molecule has 0 unspecified atom stereocenters. The zero-order valence-corrected chi connectivity index (χ0v) is 16.1. The van der Waals surface area contributed by atoms with E-state index in [1.807, 2.05) is 0 Å². The predicted octanol–water partition coefficient (Wildman–Crippen LogP) is 7.43. The standard InChI is InChI=1S/C28H18O/c1-28-22-12-5-4-10-20(22)21-11-6-8-18-14-16-24(27(28)25(18)21)29-23-15-13-17-7-2-3-9-19(17)26(23)28/h2-16H,1H3/t28-/m1/s1. The molecule has 1 heteroatoms. The Morgan fingerprint density at radius 1 is 0.586 bits per heavy atom. The quantitative estimate of drug-likeness (QED) is 0.275. The predicted molar refractivity (Wildman–Crippen MR) is 119 cm³/mol. The molecule has 5 aromatic rings. The molecular weight excluding hydrogens is 352 g/mol. The molecule has 136 valence electrons. The number of ether oxygens (including phenoxy) is 1. The van der Waals surface area contributed by atoms with E-state index >= 15 is 0 Å². The van der Waals surface area contributed by atoms with Crippen molar-refractivity contribution in [1.82, 2.24) is 0 Å². The van der Waals surface area contributed by atoms with Gasteiger partial charge in [0.05, 0.1) is 5.41 Å². The van der Waals surface area contributed by atoms with Crippen LogP contribution in [0.15, 0.2) is 91.0 Å². The first-order chi connectivity index (χ1) is 14.3. The third-order valence-corrected chi connectivity index (χ3v) is 6.87. The van der Waals surface area contributed by atoms with E-state index in [-0.39, 0.29) is 5.41 Å². The van der Waals surface area contributed by atoms with Gasteiger partial charge in [0, 0.05) is 11.1 Å². The second-order valence-electron chi connectivity index (χ2n) is 8.27. The fourth-order valence-electron chi connectivity index (χ4n) is 5.69. The van der Waals surface area contributed by atoms with Gasteiger partial charge in [0.15, 0.2) is 0 Å². The van der Waals surface area contributed by atoms with Crippen molar-refractivity contribution < 1.29 is 4.74 Å². The van der Waals surface area contributed by atoms with E-state index in [0.29, 0.717) is 0 Å². The van der Waals surface area contributed by atoms with Gasteiger partial charge in [-0.15, -0.1) is 0 Å². The maximum absolute atomic E-state index is 6.53. The summed E-state index contributed by atoms with van der Waals surface area (Å²) in [5, 5.41) is 5.12. The third-order valence-electron chi connectivity index (χ3n) is 6.87. The van der Waals surface area contributed by atoms with Crippen molar-refractivity contribution >= 4 is 21.5 Å². The summed E-state index contributed by atoms with van der Waals surface area (Å²) in [5.74, 6) is 1.94. The Hall–Kier alpha value is -3.58. The lowest BCUT2D eigenvalue weighted by molar-refractivity contribution is 0.431. The van der Waals surface area contributed by atoms with Crippen LogP contribution in [-0.2, 0) is 5.41 Å². The van der Waals surface area contributed by atoms with E-state index in [1.165, 1.54) is 49.4 Å². The molecule has 29 heavy (non-hydrogen) atoms. The van der Waals surface area contributed by atoms with Gasteiger partial charge in [-0.05, 0) is 57.3 Å². The zero-order valence-electron chi connectivity index (χ0n) is 16.1. The first-order valence-electron chi connectivity index (χ1n) is 10.1. The van der Waals surface area contributed by atoms with E-state index in [4.69, 9.17) is 4.74 Å². The number of hydrogen-bond acceptors (Lipinski definition) is 1. The highest BCUT2D eigenvalue weighted by atomic mass is 16.5. The Morgan fingerprint density at radius 2 is 1.28 bits per heavy atom. The van der Waals surface area contributed by atoms with Gasteiger partial charge in [0.25, 0.3) is 0 Å². The fraction of sp³-hybridized carbons (Fsp3) is 0.0714. The summed E-state index contributed by atoms with van der Waals surface area (Å²) in [6.45, 7) is 2.38. The molecule has 7 rings (SSSR count). The topological polar surface area (TPSA) is 9.23 Å². The molecule has 0 bridgehead atoms. The second kappa shape index (κ2) is 5.07. The van der Waals surface area contributed by atoms with Crippen LogP contribution in [0, 0.1) is 0 Å². The van der Waals surface area contributed by atoms with Crippen molar-refractivity contribution in [3.63, 3.8) is 0 Å². The molecule has 0 N–H and O–H groups in total. The van der Waals surface area contributed by atoms with Crippen LogP contribution in [0.3, 0.4) is 0 Å². The minimum absolute atomic E-state index is 0.270. The molecule has 0 aromatic heterocycles. The smallest absolute Gasteiger partial charge is 0.132 e. The van der Waals surface area contributed by atoms with Crippen molar-refractivity contribution in [2.75, 3.05) is 0 Å². The van der Waals surface area contributed by atoms with Crippen molar-refractivity contribution in [3.05, 3.63) is 108 Å². The van der Waals surface area contributed by atoms with Crippen LogP contribution in [0.4, 0.5) is 0 Å². The lowest BCUT2D eigenvalue weighted by atomic mass is 9.62. The molecule has 0 spiro atoms. The molecular formula is C28H18O. The van der Waals surface area contributed by atoms with Crippen LogP contribution in [0.5, 0.6) is 11.5 Å². The van der Waals surface area contributed by atoms with E-state index < -0.39 is 0 Å². The molecule has 1 aliphatic heterocycles. The van der Waals surface area contributed by atoms with Gasteiger partial charge in [0.1, 0.15) is 11.5 Å². The summed E-state index contributed by atoms with van der Waals surface area (Å²) < 4.78 is 6.53. The molecule has 0 saturated heterocycles. The highest BCUT2D eigenvalue weighted by molar-refractivity contribution is 6.07.